The fraction of sp³-hybridized carbons (Fsp3) is 0.0370. The lowest BCUT2D eigenvalue weighted by molar-refractivity contribution is 0.101. The molecule has 0 saturated carbocycles. The molecule has 0 aliphatic rings. The molecule has 0 aromatic heterocycles. The second kappa shape index (κ2) is 9.50. The number of carbonyl (C=O) groups is 2. The van der Waals surface area contributed by atoms with Gasteiger partial charge in [-0.25, -0.2) is 0 Å². The predicted octanol–water partition coefficient (Wildman–Crippen LogP) is 6.82. The van der Waals surface area contributed by atoms with Gasteiger partial charge in [-0.3, -0.25) is 9.59 Å². The van der Waals surface area contributed by atoms with Crippen LogP contribution in [-0.2, 0) is 0 Å². The van der Waals surface area contributed by atoms with Crippen molar-refractivity contribution in [2.45, 2.75) is 6.92 Å². The lowest BCUT2D eigenvalue weighted by atomic mass is 10.0. The SMILES string of the molecule is Cc1ccccc1NC(=O)c1ccc(Cl)c(NC(=O)c2ccc(-c3ccccc3)cc2)c1. The minimum atomic E-state index is -0.303. The van der Waals surface area contributed by atoms with Crippen LogP contribution < -0.4 is 10.6 Å². The summed E-state index contributed by atoms with van der Waals surface area (Å²) in [7, 11) is 0. The van der Waals surface area contributed by atoms with E-state index in [1.807, 2.05) is 73.7 Å². The van der Waals surface area contributed by atoms with Gasteiger partial charge in [-0.2, -0.15) is 0 Å². The lowest BCUT2D eigenvalue weighted by Crippen LogP contribution is -2.15. The van der Waals surface area contributed by atoms with E-state index in [0.29, 0.717) is 21.8 Å². The van der Waals surface area contributed by atoms with E-state index in [2.05, 4.69) is 10.6 Å². The molecule has 0 aliphatic heterocycles. The third-order valence-corrected chi connectivity index (χ3v) is 5.45. The monoisotopic (exact) mass is 440 g/mol. The van der Waals surface area contributed by atoms with Crippen molar-refractivity contribution < 1.29 is 9.59 Å². The van der Waals surface area contributed by atoms with E-state index in [0.717, 1.165) is 22.4 Å². The average Bonchev–Trinajstić information content (AvgIpc) is 2.82. The number of para-hydroxylation sites is 1. The lowest BCUT2D eigenvalue weighted by Gasteiger charge is -2.11. The summed E-state index contributed by atoms with van der Waals surface area (Å²) in [5.74, 6) is -0.582. The molecular weight excluding hydrogens is 420 g/mol. The Labute approximate surface area is 191 Å². The van der Waals surface area contributed by atoms with Crippen molar-refractivity contribution in [1.29, 1.82) is 0 Å². The van der Waals surface area contributed by atoms with Gasteiger partial charge in [-0.1, -0.05) is 72.3 Å². The highest BCUT2D eigenvalue weighted by molar-refractivity contribution is 6.34. The zero-order valence-corrected chi connectivity index (χ0v) is 18.2. The summed E-state index contributed by atoms with van der Waals surface area (Å²) in [5.41, 5.74) is 5.06. The summed E-state index contributed by atoms with van der Waals surface area (Å²) in [5, 5.41) is 6.04. The Hall–Kier alpha value is -3.89. The molecular formula is C27H21ClN2O2. The van der Waals surface area contributed by atoms with E-state index in [9.17, 15) is 9.59 Å². The molecule has 2 amide bonds. The topological polar surface area (TPSA) is 58.2 Å². The highest BCUT2D eigenvalue weighted by atomic mass is 35.5. The smallest absolute Gasteiger partial charge is 0.255 e. The standard InChI is InChI=1S/C27H21ClN2O2/c1-18-7-5-6-10-24(18)29-27(32)22-15-16-23(28)25(17-22)30-26(31)21-13-11-20(12-14-21)19-8-3-2-4-9-19/h2-17H,1H3,(H,29,32)(H,30,31). The Balaban J connectivity index is 1.50. The first kappa shape index (κ1) is 21.3. The van der Waals surface area contributed by atoms with Gasteiger partial charge in [0.25, 0.3) is 11.8 Å². The number of amides is 2. The summed E-state index contributed by atoms with van der Waals surface area (Å²) in [4.78, 5) is 25.5. The van der Waals surface area contributed by atoms with Gasteiger partial charge in [-0.15, -0.1) is 0 Å². The summed E-state index contributed by atoms with van der Waals surface area (Å²) >= 11 is 6.28. The van der Waals surface area contributed by atoms with Crippen LogP contribution in [0.25, 0.3) is 11.1 Å². The zero-order chi connectivity index (χ0) is 22.5. The molecule has 0 spiro atoms. The number of nitrogens with one attached hydrogen (secondary N) is 2. The summed E-state index contributed by atoms with van der Waals surface area (Å²) in [6.07, 6.45) is 0. The van der Waals surface area contributed by atoms with Crippen molar-refractivity contribution in [3.63, 3.8) is 0 Å². The molecule has 0 aliphatic carbocycles. The van der Waals surface area contributed by atoms with Crippen molar-refractivity contribution in [3.8, 4) is 11.1 Å². The van der Waals surface area contributed by atoms with Crippen LogP contribution in [0.15, 0.2) is 97.1 Å². The van der Waals surface area contributed by atoms with Crippen LogP contribution in [0.4, 0.5) is 11.4 Å². The number of hydrogen-bond acceptors (Lipinski definition) is 2. The number of hydrogen-bond donors (Lipinski definition) is 2. The van der Waals surface area contributed by atoms with Crippen molar-refractivity contribution in [1.82, 2.24) is 0 Å². The minimum Gasteiger partial charge on any atom is -0.322 e. The fourth-order valence-corrected chi connectivity index (χ4v) is 3.47. The van der Waals surface area contributed by atoms with Gasteiger partial charge >= 0.3 is 0 Å². The molecule has 4 rings (SSSR count). The molecule has 0 saturated heterocycles. The Kier molecular flexibility index (Phi) is 6.34. The van der Waals surface area contributed by atoms with Gasteiger partial charge in [-0.05, 0) is 60.0 Å². The maximum absolute atomic E-state index is 12.8. The van der Waals surface area contributed by atoms with Gasteiger partial charge in [0, 0.05) is 16.8 Å². The van der Waals surface area contributed by atoms with Gasteiger partial charge in [0.2, 0.25) is 0 Å². The number of carbonyl (C=O) groups excluding carboxylic acids is 2. The van der Waals surface area contributed by atoms with E-state index in [-0.39, 0.29) is 11.8 Å². The predicted molar refractivity (Wildman–Crippen MR) is 130 cm³/mol. The largest absolute Gasteiger partial charge is 0.322 e. The van der Waals surface area contributed by atoms with Gasteiger partial charge in [0.15, 0.2) is 0 Å². The minimum absolute atomic E-state index is 0.279. The van der Waals surface area contributed by atoms with Crippen LogP contribution in [0, 0.1) is 6.92 Å². The number of rotatable bonds is 5. The summed E-state index contributed by atoms with van der Waals surface area (Å²) in [6.45, 7) is 1.92. The quantitative estimate of drug-likeness (QED) is 0.357. The molecule has 4 nitrogen and oxygen atoms in total. The average molecular weight is 441 g/mol. The Morgan fingerprint density at radius 2 is 1.19 bits per heavy atom. The second-order valence-electron chi connectivity index (χ2n) is 7.36. The normalized spacial score (nSPS) is 10.4. The molecule has 0 fully saturated rings. The molecule has 4 aromatic rings. The second-order valence-corrected chi connectivity index (χ2v) is 7.77. The Morgan fingerprint density at radius 1 is 0.625 bits per heavy atom. The molecule has 0 bridgehead atoms. The number of anilines is 2. The van der Waals surface area contributed by atoms with E-state index in [4.69, 9.17) is 11.6 Å². The number of aryl methyl sites for hydroxylation is 1. The first-order chi connectivity index (χ1) is 15.5. The van der Waals surface area contributed by atoms with E-state index < -0.39 is 0 Å². The third-order valence-electron chi connectivity index (χ3n) is 5.12. The molecule has 0 heterocycles. The zero-order valence-electron chi connectivity index (χ0n) is 17.4. The van der Waals surface area contributed by atoms with Crippen LogP contribution in [0.5, 0.6) is 0 Å². The summed E-state index contributed by atoms with van der Waals surface area (Å²) < 4.78 is 0. The first-order valence-electron chi connectivity index (χ1n) is 10.1. The van der Waals surface area contributed by atoms with Crippen LogP contribution >= 0.6 is 11.6 Å². The highest BCUT2D eigenvalue weighted by Crippen LogP contribution is 2.25. The van der Waals surface area contributed by atoms with Crippen LogP contribution in [0.3, 0.4) is 0 Å². The van der Waals surface area contributed by atoms with Crippen LogP contribution in [0.2, 0.25) is 5.02 Å². The Morgan fingerprint density at radius 3 is 1.91 bits per heavy atom. The maximum Gasteiger partial charge on any atom is 0.255 e. The molecule has 5 heteroatoms. The van der Waals surface area contributed by atoms with Gasteiger partial charge in [0.05, 0.1) is 10.7 Å². The molecule has 2 N–H and O–H groups in total. The molecule has 32 heavy (non-hydrogen) atoms. The van der Waals surface area contributed by atoms with Crippen LogP contribution in [0.1, 0.15) is 26.3 Å². The molecule has 158 valence electrons. The van der Waals surface area contributed by atoms with Gasteiger partial charge in [0.1, 0.15) is 0 Å². The third kappa shape index (κ3) is 4.88. The van der Waals surface area contributed by atoms with Crippen molar-refractivity contribution in [3.05, 3.63) is 119 Å². The number of halogens is 1. The molecule has 4 aromatic carbocycles. The van der Waals surface area contributed by atoms with E-state index in [1.165, 1.54) is 0 Å². The molecule has 0 unspecified atom stereocenters. The highest BCUT2D eigenvalue weighted by Gasteiger charge is 2.13. The molecule has 0 radical (unpaired) electrons. The maximum atomic E-state index is 12.8. The van der Waals surface area contributed by atoms with Crippen molar-refractivity contribution >= 4 is 34.8 Å². The summed E-state index contributed by atoms with van der Waals surface area (Å²) in [6, 6.07) is 29.6. The first-order valence-corrected chi connectivity index (χ1v) is 10.5. The van der Waals surface area contributed by atoms with Gasteiger partial charge < -0.3 is 10.6 Å². The van der Waals surface area contributed by atoms with Crippen molar-refractivity contribution in [2.24, 2.45) is 0 Å². The Bertz CT molecular complexity index is 1270. The van der Waals surface area contributed by atoms with E-state index in [1.54, 1.807) is 30.3 Å². The fourth-order valence-electron chi connectivity index (χ4n) is 3.31. The van der Waals surface area contributed by atoms with Crippen molar-refractivity contribution in [2.75, 3.05) is 10.6 Å². The van der Waals surface area contributed by atoms with E-state index >= 15 is 0 Å². The number of benzene rings is 4. The molecule has 0 atom stereocenters. The van der Waals surface area contributed by atoms with Crippen LogP contribution in [-0.4, -0.2) is 11.8 Å².